The van der Waals surface area contributed by atoms with Crippen LogP contribution in [0.2, 0.25) is 0 Å². The normalized spacial score (nSPS) is 10.7. The number of nitro groups is 1. The lowest BCUT2D eigenvalue weighted by Gasteiger charge is -2.07. The van der Waals surface area contributed by atoms with Gasteiger partial charge in [-0.1, -0.05) is 11.6 Å². The fourth-order valence-corrected chi connectivity index (χ4v) is 2.48. The second kappa shape index (κ2) is 5.92. The number of aryl methyl sites for hydroxylation is 1. The van der Waals surface area contributed by atoms with E-state index in [0.29, 0.717) is 5.69 Å². The molecule has 23 heavy (non-hydrogen) atoms. The van der Waals surface area contributed by atoms with Gasteiger partial charge in [0.1, 0.15) is 6.54 Å². The first-order valence-electron chi connectivity index (χ1n) is 7.13. The first-order valence-corrected chi connectivity index (χ1v) is 7.13. The molecule has 6 nitrogen and oxygen atoms in total. The molecule has 0 saturated carbocycles. The summed E-state index contributed by atoms with van der Waals surface area (Å²) < 4.78 is 1.87. The van der Waals surface area contributed by atoms with E-state index in [1.165, 1.54) is 29.8 Å². The van der Waals surface area contributed by atoms with Gasteiger partial charge in [-0.15, -0.1) is 0 Å². The monoisotopic (exact) mass is 309 g/mol. The van der Waals surface area contributed by atoms with Crippen molar-refractivity contribution in [3.63, 3.8) is 0 Å². The molecule has 1 heterocycles. The molecule has 0 saturated heterocycles. The third-order valence-electron chi connectivity index (χ3n) is 3.60. The molecule has 0 aliphatic carbocycles. The van der Waals surface area contributed by atoms with Gasteiger partial charge in [0.05, 0.1) is 4.92 Å². The largest absolute Gasteiger partial charge is 0.338 e. The van der Waals surface area contributed by atoms with E-state index in [9.17, 15) is 14.9 Å². The summed E-state index contributed by atoms with van der Waals surface area (Å²) in [5, 5.41) is 14.4. The highest BCUT2D eigenvalue weighted by molar-refractivity contribution is 5.92. The Morgan fingerprint density at radius 2 is 1.91 bits per heavy atom. The van der Waals surface area contributed by atoms with Crippen LogP contribution in [0.25, 0.3) is 10.9 Å². The summed E-state index contributed by atoms with van der Waals surface area (Å²) in [5.74, 6) is -0.183. The Bertz CT molecular complexity index is 882. The van der Waals surface area contributed by atoms with Gasteiger partial charge in [0, 0.05) is 29.5 Å². The van der Waals surface area contributed by atoms with Gasteiger partial charge in [-0.3, -0.25) is 14.9 Å². The van der Waals surface area contributed by atoms with Crippen LogP contribution in [0.15, 0.2) is 54.7 Å². The van der Waals surface area contributed by atoms with Crippen LogP contribution >= 0.6 is 0 Å². The summed E-state index contributed by atoms with van der Waals surface area (Å²) in [4.78, 5) is 22.3. The van der Waals surface area contributed by atoms with E-state index < -0.39 is 4.92 Å². The van der Waals surface area contributed by atoms with Crippen LogP contribution < -0.4 is 5.32 Å². The van der Waals surface area contributed by atoms with E-state index in [1.54, 1.807) is 0 Å². The van der Waals surface area contributed by atoms with Gasteiger partial charge in [-0.25, -0.2) is 0 Å². The van der Waals surface area contributed by atoms with Crippen molar-refractivity contribution >= 4 is 28.2 Å². The third kappa shape index (κ3) is 3.21. The highest BCUT2D eigenvalue weighted by Crippen LogP contribution is 2.18. The molecule has 0 unspecified atom stereocenters. The Kier molecular flexibility index (Phi) is 3.80. The van der Waals surface area contributed by atoms with Crippen LogP contribution in [0.1, 0.15) is 5.56 Å². The Morgan fingerprint density at radius 3 is 2.61 bits per heavy atom. The molecule has 116 valence electrons. The van der Waals surface area contributed by atoms with Gasteiger partial charge in [-0.05, 0) is 42.6 Å². The van der Waals surface area contributed by atoms with Crippen molar-refractivity contribution in [3.8, 4) is 0 Å². The summed E-state index contributed by atoms with van der Waals surface area (Å²) in [5.41, 5.74) is 2.70. The maximum Gasteiger partial charge on any atom is 0.269 e. The van der Waals surface area contributed by atoms with E-state index in [1.807, 2.05) is 35.9 Å². The number of benzene rings is 2. The SMILES string of the molecule is Cc1ccc2c(ccn2CC(=O)Nc2ccc([N+](=O)[O-])cc2)c1. The van der Waals surface area contributed by atoms with Crippen molar-refractivity contribution < 1.29 is 9.72 Å². The highest BCUT2D eigenvalue weighted by atomic mass is 16.6. The minimum absolute atomic E-state index is 0.00484. The lowest BCUT2D eigenvalue weighted by atomic mass is 10.2. The van der Waals surface area contributed by atoms with Gasteiger partial charge >= 0.3 is 0 Å². The second-order valence-electron chi connectivity index (χ2n) is 5.36. The molecule has 0 aliphatic rings. The summed E-state index contributed by atoms with van der Waals surface area (Å²) in [6.07, 6.45) is 1.87. The highest BCUT2D eigenvalue weighted by Gasteiger charge is 2.08. The predicted octanol–water partition coefficient (Wildman–Crippen LogP) is 3.50. The standard InChI is InChI=1S/C17H15N3O3/c1-12-2-7-16-13(10-12)8-9-19(16)11-17(21)18-14-3-5-15(6-4-14)20(22)23/h2-10H,11H2,1H3,(H,18,21). The number of hydrogen-bond acceptors (Lipinski definition) is 3. The molecule has 1 aromatic heterocycles. The quantitative estimate of drug-likeness (QED) is 0.592. The Hall–Kier alpha value is -3.15. The molecule has 0 radical (unpaired) electrons. The summed E-state index contributed by atoms with van der Waals surface area (Å²) in [7, 11) is 0. The molecule has 0 atom stereocenters. The molecular formula is C17H15N3O3. The van der Waals surface area contributed by atoms with Gasteiger partial charge in [-0.2, -0.15) is 0 Å². The van der Waals surface area contributed by atoms with Crippen LogP contribution in [-0.4, -0.2) is 15.4 Å². The van der Waals surface area contributed by atoms with E-state index in [-0.39, 0.29) is 18.1 Å². The summed E-state index contributed by atoms with van der Waals surface area (Å²) in [6.45, 7) is 2.21. The molecule has 0 aliphatic heterocycles. The Balaban J connectivity index is 1.72. The lowest BCUT2D eigenvalue weighted by molar-refractivity contribution is -0.384. The lowest BCUT2D eigenvalue weighted by Crippen LogP contribution is -2.18. The van der Waals surface area contributed by atoms with Crippen LogP contribution in [-0.2, 0) is 11.3 Å². The average molecular weight is 309 g/mol. The molecule has 0 fully saturated rings. The fraction of sp³-hybridized carbons (Fsp3) is 0.118. The Labute approximate surface area is 132 Å². The van der Waals surface area contributed by atoms with Crippen molar-refractivity contribution in [2.24, 2.45) is 0 Å². The van der Waals surface area contributed by atoms with E-state index in [2.05, 4.69) is 11.4 Å². The van der Waals surface area contributed by atoms with Gasteiger partial charge in [0.2, 0.25) is 5.91 Å². The molecule has 1 N–H and O–H groups in total. The van der Waals surface area contributed by atoms with Gasteiger partial charge < -0.3 is 9.88 Å². The molecule has 3 rings (SSSR count). The number of amides is 1. The van der Waals surface area contributed by atoms with Gasteiger partial charge in [0.15, 0.2) is 0 Å². The zero-order valence-corrected chi connectivity index (χ0v) is 12.5. The van der Waals surface area contributed by atoms with E-state index in [4.69, 9.17) is 0 Å². The topological polar surface area (TPSA) is 77.2 Å². The number of carbonyl (C=O) groups excluding carboxylic acids is 1. The van der Waals surface area contributed by atoms with Crippen molar-refractivity contribution in [2.45, 2.75) is 13.5 Å². The number of anilines is 1. The van der Waals surface area contributed by atoms with Crippen LogP contribution in [0.4, 0.5) is 11.4 Å². The first-order chi connectivity index (χ1) is 11.0. The van der Waals surface area contributed by atoms with Crippen molar-refractivity contribution in [2.75, 3.05) is 5.32 Å². The number of hydrogen-bond donors (Lipinski definition) is 1. The smallest absolute Gasteiger partial charge is 0.269 e. The van der Waals surface area contributed by atoms with Crippen LogP contribution in [0.3, 0.4) is 0 Å². The molecule has 0 spiro atoms. The van der Waals surface area contributed by atoms with Gasteiger partial charge in [0.25, 0.3) is 5.69 Å². The number of aromatic nitrogens is 1. The number of nitrogens with one attached hydrogen (secondary N) is 1. The fourth-order valence-electron chi connectivity index (χ4n) is 2.48. The Morgan fingerprint density at radius 1 is 1.17 bits per heavy atom. The molecule has 6 heteroatoms. The molecular weight excluding hydrogens is 294 g/mol. The van der Waals surface area contributed by atoms with Crippen LogP contribution in [0.5, 0.6) is 0 Å². The zero-order chi connectivity index (χ0) is 16.4. The predicted molar refractivity (Wildman–Crippen MR) is 88.4 cm³/mol. The molecule has 1 amide bonds. The molecule has 0 bridgehead atoms. The van der Waals surface area contributed by atoms with Crippen molar-refractivity contribution in [1.29, 1.82) is 0 Å². The van der Waals surface area contributed by atoms with Crippen molar-refractivity contribution in [3.05, 3.63) is 70.4 Å². The summed E-state index contributed by atoms with van der Waals surface area (Å²) in [6, 6.07) is 13.8. The number of nitro benzene ring substituents is 1. The minimum atomic E-state index is -0.473. The minimum Gasteiger partial charge on any atom is -0.338 e. The average Bonchev–Trinajstić information content (AvgIpc) is 2.89. The molecule has 3 aromatic rings. The van der Waals surface area contributed by atoms with E-state index in [0.717, 1.165) is 10.9 Å². The maximum atomic E-state index is 12.1. The zero-order valence-electron chi connectivity index (χ0n) is 12.5. The number of non-ortho nitro benzene ring substituents is 1. The van der Waals surface area contributed by atoms with E-state index >= 15 is 0 Å². The number of carbonyl (C=O) groups is 1. The number of nitrogens with zero attached hydrogens (tertiary/aromatic N) is 2. The first kappa shape index (κ1) is 14.8. The number of fused-ring (bicyclic) bond motifs is 1. The third-order valence-corrected chi connectivity index (χ3v) is 3.60. The number of rotatable bonds is 4. The maximum absolute atomic E-state index is 12.1. The summed E-state index contributed by atoms with van der Waals surface area (Å²) >= 11 is 0. The second-order valence-corrected chi connectivity index (χ2v) is 5.36. The van der Waals surface area contributed by atoms with Crippen molar-refractivity contribution in [1.82, 2.24) is 4.57 Å². The molecule has 2 aromatic carbocycles. The van der Waals surface area contributed by atoms with Crippen LogP contribution in [0, 0.1) is 17.0 Å².